The van der Waals surface area contributed by atoms with Gasteiger partial charge in [0.05, 0.1) is 3.79 Å². The van der Waals surface area contributed by atoms with Crippen LogP contribution in [0.1, 0.15) is 12.0 Å². The summed E-state index contributed by atoms with van der Waals surface area (Å²) in [5.74, 6) is -0.169. The Morgan fingerprint density at radius 3 is 2.76 bits per heavy atom. The molecule has 2 heterocycles. The number of carbonyl (C=O) groups excluding carboxylic acids is 1. The summed E-state index contributed by atoms with van der Waals surface area (Å²) >= 11 is 4.91. The van der Waals surface area contributed by atoms with Crippen molar-refractivity contribution in [2.24, 2.45) is 0 Å². The minimum absolute atomic E-state index is 0.0202. The van der Waals surface area contributed by atoms with Gasteiger partial charge in [0.1, 0.15) is 5.25 Å². The number of halogens is 2. The van der Waals surface area contributed by atoms with Gasteiger partial charge in [-0.1, -0.05) is 0 Å². The highest BCUT2D eigenvalue weighted by molar-refractivity contribution is 9.11. The van der Waals surface area contributed by atoms with Crippen molar-refractivity contribution in [3.05, 3.63) is 20.8 Å². The zero-order valence-electron chi connectivity index (χ0n) is 8.60. The molecule has 1 fully saturated rings. The predicted molar refractivity (Wildman–Crippen MR) is 70.6 cm³/mol. The molecule has 0 bridgehead atoms. The highest BCUT2D eigenvalue weighted by atomic mass is 79.9. The number of thiophene rings is 1. The number of carbonyl (C=O) groups is 1. The fourth-order valence-electron chi connectivity index (χ4n) is 1.71. The van der Waals surface area contributed by atoms with E-state index in [1.54, 1.807) is 0 Å². The second-order valence-electron chi connectivity index (χ2n) is 3.80. The number of hydrogen-bond donors (Lipinski definition) is 0. The molecule has 17 heavy (non-hydrogen) atoms. The predicted octanol–water partition coefficient (Wildman–Crippen LogP) is 2.18. The summed E-state index contributed by atoms with van der Waals surface area (Å²) in [5.41, 5.74) is 0.982. The number of likely N-dealkylation sites (tertiary alicyclic amines) is 1. The standard InChI is InChI=1S/C9H9BrClNO3S2/c10-9-6(1-2-16-9)4-12-5-7(3-8(12)13)17(11,14)15/h1-2,7H,3-5H2. The zero-order chi connectivity index (χ0) is 12.6. The molecule has 1 saturated heterocycles. The molecule has 1 atom stereocenters. The van der Waals surface area contributed by atoms with E-state index in [0.29, 0.717) is 6.54 Å². The molecule has 0 N–H and O–H groups in total. The molecule has 1 aromatic heterocycles. The van der Waals surface area contributed by atoms with Crippen LogP contribution < -0.4 is 0 Å². The van der Waals surface area contributed by atoms with Crippen molar-refractivity contribution in [2.75, 3.05) is 6.54 Å². The molecule has 0 aromatic carbocycles. The van der Waals surface area contributed by atoms with Crippen molar-refractivity contribution < 1.29 is 13.2 Å². The van der Waals surface area contributed by atoms with Gasteiger partial charge in [-0.2, -0.15) is 0 Å². The monoisotopic (exact) mass is 357 g/mol. The van der Waals surface area contributed by atoms with Crippen LogP contribution in [0.2, 0.25) is 0 Å². The Hall–Kier alpha value is -0.110. The normalized spacial score (nSPS) is 21.2. The molecule has 8 heteroatoms. The lowest BCUT2D eigenvalue weighted by Gasteiger charge is -2.15. The first-order valence-electron chi connectivity index (χ1n) is 4.81. The molecular weight excluding hydrogens is 350 g/mol. The van der Waals surface area contributed by atoms with Crippen LogP contribution in [-0.4, -0.2) is 31.0 Å². The fraction of sp³-hybridized carbons (Fsp3) is 0.444. The summed E-state index contributed by atoms with van der Waals surface area (Å²) in [6.07, 6.45) is -0.0202. The number of hydrogen-bond acceptors (Lipinski definition) is 4. The van der Waals surface area contributed by atoms with Crippen molar-refractivity contribution in [3.63, 3.8) is 0 Å². The van der Waals surface area contributed by atoms with Gasteiger partial charge in [0.15, 0.2) is 0 Å². The first-order valence-corrected chi connectivity index (χ1v) is 8.85. The maximum absolute atomic E-state index is 11.7. The van der Waals surface area contributed by atoms with Gasteiger partial charge in [-0.25, -0.2) is 8.42 Å². The Morgan fingerprint density at radius 1 is 1.59 bits per heavy atom. The first-order chi connectivity index (χ1) is 7.88. The molecule has 2 rings (SSSR count). The molecule has 0 saturated carbocycles. The summed E-state index contributed by atoms with van der Waals surface area (Å²) in [4.78, 5) is 13.2. The van der Waals surface area contributed by atoms with Crippen molar-refractivity contribution in [3.8, 4) is 0 Å². The summed E-state index contributed by atoms with van der Waals surface area (Å²) in [7, 11) is 1.61. The maximum atomic E-state index is 11.7. The molecule has 1 amide bonds. The van der Waals surface area contributed by atoms with Gasteiger partial charge < -0.3 is 4.90 Å². The zero-order valence-corrected chi connectivity index (χ0v) is 12.6. The average Bonchev–Trinajstić information content (AvgIpc) is 2.75. The Kier molecular flexibility index (Phi) is 3.82. The minimum Gasteiger partial charge on any atom is -0.337 e. The van der Waals surface area contributed by atoms with Gasteiger partial charge in [0.25, 0.3) is 0 Å². The molecule has 94 valence electrons. The molecule has 0 radical (unpaired) electrons. The number of rotatable bonds is 3. The van der Waals surface area contributed by atoms with Gasteiger partial charge in [-0.15, -0.1) is 11.3 Å². The quantitative estimate of drug-likeness (QED) is 0.778. The topological polar surface area (TPSA) is 54.5 Å². The first kappa shape index (κ1) is 13.3. The second-order valence-corrected chi connectivity index (χ2v) is 8.94. The van der Waals surface area contributed by atoms with E-state index >= 15 is 0 Å². The van der Waals surface area contributed by atoms with Gasteiger partial charge >= 0.3 is 0 Å². The highest BCUT2D eigenvalue weighted by Gasteiger charge is 2.37. The van der Waals surface area contributed by atoms with Crippen LogP contribution in [0.4, 0.5) is 0 Å². The van der Waals surface area contributed by atoms with Crippen molar-refractivity contribution in [1.82, 2.24) is 4.90 Å². The van der Waals surface area contributed by atoms with Gasteiger partial charge in [-0.3, -0.25) is 4.79 Å². The Bertz CT molecular complexity index is 542. The molecular formula is C9H9BrClNO3S2. The smallest absolute Gasteiger partial charge is 0.237 e. The lowest BCUT2D eigenvalue weighted by Crippen LogP contribution is -2.26. The summed E-state index contributed by atoms with van der Waals surface area (Å²) < 4.78 is 23.3. The summed E-state index contributed by atoms with van der Waals surface area (Å²) in [5, 5.41) is 1.13. The number of amides is 1. The van der Waals surface area contributed by atoms with E-state index in [4.69, 9.17) is 10.7 Å². The Labute approximate surface area is 116 Å². The van der Waals surface area contributed by atoms with Crippen LogP contribution in [0.5, 0.6) is 0 Å². The largest absolute Gasteiger partial charge is 0.337 e. The summed E-state index contributed by atoms with van der Waals surface area (Å²) in [6, 6.07) is 1.91. The van der Waals surface area contributed by atoms with E-state index in [1.807, 2.05) is 11.4 Å². The lowest BCUT2D eigenvalue weighted by molar-refractivity contribution is -0.128. The van der Waals surface area contributed by atoms with Crippen molar-refractivity contribution >= 4 is 52.9 Å². The maximum Gasteiger partial charge on any atom is 0.237 e. The lowest BCUT2D eigenvalue weighted by atomic mass is 10.3. The van der Waals surface area contributed by atoms with Crippen LogP contribution in [0.15, 0.2) is 15.2 Å². The molecule has 1 aromatic rings. The molecule has 4 nitrogen and oxygen atoms in total. The van der Waals surface area contributed by atoms with E-state index in [9.17, 15) is 13.2 Å². The van der Waals surface area contributed by atoms with Gasteiger partial charge in [0, 0.05) is 30.2 Å². The average molecular weight is 359 g/mol. The van der Waals surface area contributed by atoms with Gasteiger partial charge in [-0.05, 0) is 32.9 Å². The van der Waals surface area contributed by atoms with E-state index in [0.717, 1.165) is 9.35 Å². The van der Waals surface area contributed by atoms with Crippen LogP contribution in [0.3, 0.4) is 0 Å². The van der Waals surface area contributed by atoms with Crippen LogP contribution in [-0.2, 0) is 20.4 Å². The molecule has 1 unspecified atom stereocenters. The van der Waals surface area contributed by atoms with E-state index in [1.165, 1.54) is 16.2 Å². The molecule has 0 spiro atoms. The molecule has 1 aliphatic rings. The van der Waals surface area contributed by atoms with Crippen LogP contribution in [0.25, 0.3) is 0 Å². The Balaban J connectivity index is 2.10. The highest BCUT2D eigenvalue weighted by Crippen LogP contribution is 2.28. The minimum atomic E-state index is -3.66. The molecule has 0 aliphatic carbocycles. The van der Waals surface area contributed by atoms with E-state index < -0.39 is 14.3 Å². The van der Waals surface area contributed by atoms with Gasteiger partial charge in [0.2, 0.25) is 15.0 Å². The number of nitrogens with zero attached hydrogens (tertiary/aromatic N) is 1. The fourth-order valence-corrected chi connectivity index (χ4v) is 3.99. The van der Waals surface area contributed by atoms with Crippen molar-refractivity contribution in [2.45, 2.75) is 18.2 Å². The van der Waals surface area contributed by atoms with Crippen molar-refractivity contribution in [1.29, 1.82) is 0 Å². The van der Waals surface area contributed by atoms with E-state index in [-0.39, 0.29) is 18.9 Å². The van der Waals surface area contributed by atoms with Crippen LogP contribution >= 0.6 is 37.9 Å². The third-order valence-corrected chi connectivity index (χ3v) is 6.31. The molecule has 1 aliphatic heterocycles. The third-order valence-electron chi connectivity index (χ3n) is 2.63. The second kappa shape index (κ2) is 4.87. The Morgan fingerprint density at radius 2 is 2.29 bits per heavy atom. The summed E-state index contributed by atoms with van der Waals surface area (Å²) in [6.45, 7) is 0.596. The van der Waals surface area contributed by atoms with Crippen LogP contribution in [0, 0.1) is 0 Å². The third kappa shape index (κ3) is 3.01. The SMILES string of the molecule is O=C1CC(S(=O)(=O)Cl)CN1Cc1ccsc1Br. The van der Waals surface area contributed by atoms with E-state index in [2.05, 4.69) is 15.9 Å².